The van der Waals surface area contributed by atoms with Gasteiger partial charge in [0.05, 0.1) is 6.54 Å². The molecule has 0 bridgehead atoms. The van der Waals surface area contributed by atoms with E-state index in [9.17, 15) is 4.79 Å². The van der Waals surface area contributed by atoms with E-state index in [0.29, 0.717) is 17.4 Å². The van der Waals surface area contributed by atoms with E-state index >= 15 is 0 Å². The van der Waals surface area contributed by atoms with E-state index in [1.54, 1.807) is 5.38 Å². The summed E-state index contributed by atoms with van der Waals surface area (Å²) in [6, 6.07) is 0. The highest BCUT2D eigenvalue weighted by molar-refractivity contribution is 7.13. The van der Waals surface area contributed by atoms with Crippen LogP contribution in [-0.4, -0.2) is 15.9 Å². The number of thiazole rings is 2. The first kappa shape index (κ1) is 11.0. The van der Waals surface area contributed by atoms with Crippen LogP contribution in [0.2, 0.25) is 0 Å². The quantitative estimate of drug-likeness (QED) is 0.868. The summed E-state index contributed by atoms with van der Waals surface area (Å²) in [5, 5.41) is 7.60. The highest BCUT2D eigenvalue weighted by Crippen LogP contribution is 2.11. The molecule has 2 heterocycles. The molecule has 0 fully saturated rings. The van der Waals surface area contributed by atoms with Gasteiger partial charge in [0, 0.05) is 16.5 Å². The molecule has 0 aliphatic carbocycles. The molecule has 0 saturated heterocycles. The Hall–Kier alpha value is -1.47. The summed E-state index contributed by atoms with van der Waals surface area (Å²) in [5.41, 5.74) is 6.77. The van der Waals surface area contributed by atoms with Gasteiger partial charge < -0.3 is 11.1 Å². The number of hydrogen-bond donors (Lipinski definition) is 2. The first-order valence-corrected chi connectivity index (χ1v) is 6.31. The SMILES string of the molecule is Cc1csc(CNC(=O)c2csc(N)n2)n1. The van der Waals surface area contributed by atoms with Crippen molar-refractivity contribution >= 4 is 33.7 Å². The molecule has 0 atom stereocenters. The third kappa shape index (κ3) is 2.56. The molecule has 1 amide bonds. The van der Waals surface area contributed by atoms with Crippen molar-refractivity contribution in [1.29, 1.82) is 0 Å². The zero-order chi connectivity index (χ0) is 11.5. The van der Waals surface area contributed by atoms with Crippen LogP contribution in [0.5, 0.6) is 0 Å². The summed E-state index contributed by atoms with van der Waals surface area (Å²) in [6.45, 7) is 2.34. The molecule has 0 aliphatic heterocycles. The van der Waals surface area contributed by atoms with E-state index in [4.69, 9.17) is 5.73 Å². The lowest BCUT2D eigenvalue weighted by Gasteiger charge is -1.99. The third-order valence-electron chi connectivity index (χ3n) is 1.82. The van der Waals surface area contributed by atoms with Crippen molar-refractivity contribution in [1.82, 2.24) is 15.3 Å². The molecule has 2 aromatic rings. The molecule has 0 aromatic carbocycles. The van der Waals surface area contributed by atoms with Crippen LogP contribution in [0.4, 0.5) is 5.13 Å². The maximum Gasteiger partial charge on any atom is 0.271 e. The number of nitrogens with one attached hydrogen (secondary N) is 1. The lowest BCUT2D eigenvalue weighted by molar-refractivity contribution is 0.0946. The molecule has 0 aliphatic rings. The Labute approximate surface area is 100 Å². The van der Waals surface area contributed by atoms with Crippen molar-refractivity contribution in [2.45, 2.75) is 13.5 Å². The van der Waals surface area contributed by atoms with E-state index in [0.717, 1.165) is 10.7 Å². The highest BCUT2D eigenvalue weighted by Gasteiger charge is 2.09. The fourth-order valence-corrected chi connectivity index (χ4v) is 2.38. The Bertz CT molecular complexity index is 505. The van der Waals surface area contributed by atoms with Gasteiger partial charge in [0.1, 0.15) is 10.7 Å². The number of anilines is 1. The van der Waals surface area contributed by atoms with Gasteiger partial charge in [0.25, 0.3) is 5.91 Å². The van der Waals surface area contributed by atoms with Crippen LogP contribution in [0, 0.1) is 6.92 Å². The largest absolute Gasteiger partial charge is 0.375 e. The van der Waals surface area contributed by atoms with E-state index in [1.165, 1.54) is 22.7 Å². The van der Waals surface area contributed by atoms with Crippen LogP contribution < -0.4 is 11.1 Å². The molecule has 7 heteroatoms. The first-order valence-electron chi connectivity index (χ1n) is 4.55. The van der Waals surface area contributed by atoms with Crippen LogP contribution in [0.1, 0.15) is 21.2 Å². The number of hydrogen-bond acceptors (Lipinski definition) is 6. The predicted molar refractivity (Wildman–Crippen MR) is 64.5 cm³/mol. The summed E-state index contributed by atoms with van der Waals surface area (Å²) >= 11 is 2.77. The molecule has 84 valence electrons. The molecule has 0 saturated carbocycles. The lowest BCUT2D eigenvalue weighted by atomic mass is 10.4. The van der Waals surface area contributed by atoms with Crippen molar-refractivity contribution in [2.75, 3.05) is 5.73 Å². The van der Waals surface area contributed by atoms with Gasteiger partial charge in [-0.1, -0.05) is 0 Å². The topological polar surface area (TPSA) is 80.9 Å². The van der Waals surface area contributed by atoms with Crippen LogP contribution in [0.15, 0.2) is 10.8 Å². The normalized spacial score (nSPS) is 10.3. The molecule has 0 unspecified atom stereocenters. The average Bonchev–Trinajstić information content (AvgIpc) is 2.84. The number of amides is 1. The summed E-state index contributed by atoms with van der Waals surface area (Å²) in [7, 11) is 0. The van der Waals surface area contributed by atoms with E-state index < -0.39 is 0 Å². The molecule has 16 heavy (non-hydrogen) atoms. The fraction of sp³-hybridized carbons (Fsp3) is 0.222. The first-order chi connectivity index (χ1) is 7.65. The molecule has 0 spiro atoms. The van der Waals surface area contributed by atoms with Crippen LogP contribution in [-0.2, 0) is 6.54 Å². The summed E-state index contributed by atoms with van der Waals surface area (Å²) < 4.78 is 0. The zero-order valence-electron chi connectivity index (χ0n) is 8.56. The number of nitrogen functional groups attached to an aromatic ring is 1. The second kappa shape index (κ2) is 4.58. The number of aryl methyl sites for hydroxylation is 1. The number of nitrogens with zero attached hydrogens (tertiary/aromatic N) is 2. The second-order valence-electron chi connectivity index (χ2n) is 3.14. The minimum Gasteiger partial charge on any atom is -0.375 e. The molecule has 5 nitrogen and oxygen atoms in total. The van der Waals surface area contributed by atoms with E-state index in [1.807, 2.05) is 12.3 Å². The minimum absolute atomic E-state index is 0.221. The molecule has 2 aromatic heterocycles. The maximum atomic E-state index is 11.6. The van der Waals surface area contributed by atoms with Gasteiger partial charge in [-0.2, -0.15) is 0 Å². The average molecular weight is 254 g/mol. The van der Waals surface area contributed by atoms with Gasteiger partial charge in [0.2, 0.25) is 0 Å². The maximum absolute atomic E-state index is 11.6. The number of rotatable bonds is 3. The van der Waals surface area contributed by atoms with Crippen LogP contribution in [0.3, 0.4) is 0 Å². The summed E-state index contributed by atoms with van der Waals surface area (Å²) in [6.07, 6.45) is 0. The van der Waals surface area contributed by atoms with Gasteiger partial charge in [0.15, 0.2) is 5.13 Å². The van der Waals surface area contributed by atoms with Gasteiger partial charge in [-0.05, 0) is 6.92 Å². The van der Waals surface area contributed by atoms with Crippen molar-refractivity contribution in [2.24, 2.45) is 0 Å². The number of aromatic nitrogens is 2. The Kier molecular flexibility index (Phi) is 3.16. The number of carbonyl (C=O) groups excluding carboxylic acids is 1. The van der Waals surface area contributed by atoms with E-state index in [2.05, 4.69) is 15.3 Å². The fourth-order valence-electron chi connectivity index (χ4n) is 1.12. The number of nitrogens with two attached hydrogens (primary N) is 1. The monoisotopic (exact) mass is 254 g/mol. The van der Waals surface area contributed by atoms with Crippen molar-refractivity contribution in [3.8, 4) is 0 Å². The molecule has 0 radical (unpaired) electrons. The van der Waals surface area contributed by atoms with Gasteiger partial charge in [-0.3, -0.25) is 4.79 Å². The van der Waals surface area contributed by atoms with E-state index in [-0.39, 0.29) is 5.91 Å². The molecular weight excluding hydrogens is 244 g/mol. The van der Waals surface area contributed by atoms with Crippen molar-refractivity contribution in [3.63, 3.8) is 0 Å². The lowest BCUT2D eigenvalue weighted by Crippen LogP contribution is -2.23. The summed E-state index contributed by atoms with van der Waals surface area (Å²) in [4.78, 5) is 19.7. The Morgan fingerprint density at radius 1 is 1.44 bits per heavy atom. The van der Waals surface area contributed by atoms with Gasteiger partial charge >= 0.3 is 0 Å². The zero-order valence-corrected chi connectivity index (χ0v) is 10.2. The van der Waals surface area contributed by atoms with Crippen molar-refractivity contribution in [3.05, 3.63) is 27.2 Å². The molecule has 2 rings (SSSR count). The smallest absolute Gasteiger partial charge is 0.271 e. The molecule has 3 N–H and O–H groups in total. The Morgan fingerprint density at radius 3 is 2.81 bits per heavy atom. The summed E-state index contributed by atoms with van der Waals surface area (Å²) in [5.74, 6) is -0.221. The van der Waals surface area contributed by atoms with Gasteiger partial charge in [-0.15, -0.1) is 22.7 Å². The van der Waals surface area contributed by atoms with Crippen LogP contribution >= 0.6 is 22.7 Å². The third-order valence-corrected chi connectivity index (χ3v) is 3.46. The number of carbonyl (C=O) groups is 1. The Balaban J connectivity index is 1.93. The minimum atomic E-state index is -0.221. The Morgan fingerprint density at radius 2 is 2.25 bits per heavy atom. The van der Waals surface area contributed by atoms with Crippen molar-refractivity contribution < 1.29 is 4.79 Å². The van der Waals surface area contributed by atoms with Crippen LogP contribution in [0.25, 0.3) is 0 Å². The van der Waals surface area contributed by atoms with Gasteiger partial charge in [-0.25, -0.2) is 9.97 Å². The standard InChI is InChI=1S/C9H10N4OS2/c1-5-3-15-7(12-5)2-11-8(14)6-4-16-9(10)13-6/h3-4H,2H2,1H3,(H2,10,13)(H,11,14). The predicted octanol–water partition coefficient (Wildman–Crippen LogP) is 1.42. The second-order valence-corrected chi connectivity index (χ2v) is 4.97. The molecular formula is C9H10N4OS2. The highest BCUT2D eigenvalue weighted by atomic mass is 32.1.